The van der Waals surface area contributed by atoms with Gasteiger partial charge in [-0.2, -0.15) is 0 Å². The molecular weight excluding hydrogens is 251 g/mol. The molecule has 0 unspecified atom stereocenters. The van der Waals surface area contributed by atoms with Crippen LogP contribution >= 0.6 is 0 Å². The van der Waals surface area contributed by atoms with Crippen LogP contribution in [0.25, 0.3) is 0 Å². The van der Waals surface area contributed by atoms with Crippen molar-refractivity contribution in [3.05, 3.63) is 29.6 Å². The van der Waals surface area contributed by atoms with Gasteiger partial charge in [-0.1, -0.05) is 26.8 Å². The Hall–Kier alpha value is -1.09. The fourth-order valence-electron chi connectivity index (χ4n) is 3.08. The quantitative estimate of drug-likeness (QED) is 0.881. The highest BCUT2D eigenvalue weighted by atomic mass is 19.1. The predicted molar refractivity (Wildman–Crippen MR) is 83.6 cm³/mol. The minimum Gasteiger partial charge on any atom is -0.371 e. The van der Waals surface area contributed by atoms with Gasteiger partial charge in [0.05, 0.1) is 0 Å². The molecule has 0 spiro atoms. The molecule has 0 aliphatic carbocycles. The Morgan fingerprint density at radius 1 is 1.30 bits per heavy atom. The summed E-state index contributed by atoms with van der Waals surface area (Å²) in [6.07, 6.45) is 2.43. The second-order valence-electron chi connectivity index (χ2n) is 6.09. The molecule has 1 aliphatic rings. The molecule has 0 atom stereocenters. The van der Waals surface area contributed by atoms with Gasteiger partial charge in [-0.05, 0) is 43.4 Å². The summed E-state index contributed by atoms with van der Waals surface area (Å²) < 4.78 is 14.1. The molecule has 1 fully saturated rings. The van der Waals surface area contributed by atoms with Crippen LogP contribution in [0.4, 0.5) is 10.1 Å². The molecule has 20 heavy (non-hydrogen) atoms. The topological polar surface area (TPSA) is 15.3 Å². The molecule has 0 bridgehead atoms. The van der Waals surface area contributed by atoms with E-state index in [0.717, 1.165) is 42.7 Å². The maximum atomic E-state index is 14.1. The summed E-state index contributed by atoms with van der Waals surface area (Å²) in [7, 11) is 0. The largest absolute Gasteiger partial charge is 0.371 e. The zero-order valence-corrected chi connectivity index (χ0v) is 13.0. The van der Waals surface area contributed by atoms with Crippen molar-refractivity contribution < 1.29 is 4.39 Å². The average molecular weight is 278 g/mol. The molecule has 112 valence electrons. The number of benzene rings is 1. The van der Waals surface area contributed by atoms with Gasteiger partial charge < -0.3 is 10.2 Å². The number of hydrogen-bond donors (Lipinski definition) is 1. The SMILES string of the molecule is CCNCc1c(F)cccc1N1CCC(C(C)C)CC1. The lowest BCUT2D eigenvalue weighted by atomic mass is 9.86. The molecule has 1 aromatic carbocycles. The molecule has 0 aromatic heterocycles. The summed E-state index contributed by atoms with van der Waals surface area (Å²) in [6.45, 7) is 10.2. The Morgan fingerprint density at radius 2 is 2.00 bits per heavy atom. The van der Waals surface area contributed by atoms with Gasteiger partial charge in [0.15, 0.2) is 0 Å². The highest BCUT2D eigenvalue weighted by Crippen LogP contribution is 2.30. The Bertz CT molecular complexity index is 423. The average Bonchev–Trinajstić information content (AvgIpc) is 2.46. The van der Waals surface area contributed by atoms with E-state index in [2.05, 4.69) is 37.1 Å². The van der Waals surface area contributed by atoms with Crippen LogP contribution in [0.1, 0.15) is 39.2 Å². The van der Waals surface area contributed by atoms with Crippen LogP contribution in [0.3, 0.4) is 0 Å². The molecule has 0 amide bonds. The molecule has 1 N–H and O–H groups in total. The second-order valence-corrected chi connectivity index (χ2v) is 6.09. The van der Waals surface area contributed by atoms with Gasteiger partial charge in [0.2, 0.25) is 0 Å². The van der Waals surface area contributed by atoms with E-state index in [0.29, 0.717) is 6.54 Å². The predicted octanol–water partition coefficient (Wildman–Crippen LogP) is 3.81. The molecule has 1 heterocycles. The van der Waals surface area contributed by atoms with E-state index in [1.807, 2.05) is 6.07 Å². The summed E-state index contributed by atoms with van der Waals surface area (Å²) in [4.78, 5) is 2.36. The molecule has 0 saturated carbocycles. The van der Waals surface area contributed by atoms with Crippen LogP contribution < -0.4 is 10.2 Å². The zero-order chi connectivity index (χ0) is 14.5. The first-order chi connectivity index (χ1) is 9.63. The Morgan fingerprint density at radius 3 is 2.60 bits per heavy atom. The zero-order valence-electron chi connectivity index (χ0n) is 13.0. The number of nitrogens with one attached hydrogen (secondary N) is 1. The second kappa shape index (κ2) is 7.07. The summed E-state index contributed by atoms with van der Waals surface area (Å²) >= 11 is 0. The molecule has 3 heteroatoms. The Balaban J connectivity index is 2.11. The summed E-state index contributed by atoms with van der Waals surface area (Å²) in [5.41, 5.74) is 1.89. The van der Waals surface area contributed by atoms with Gasteiger partial charge >= 0.3 is 0 Å². The van der Waals surface area contributed by atoms with Gasteiger partial charge in [0.1, 0.15) is 5.82 Å². The van der Waals surface area contributed by atoms with Gasteiger partial charge in [-0.25, -0.2) is 4.39 Å². The molecule has 1 aromatic rings. The first-order valence-electron chi connectivity index (χ1n) is 7.86. The summed E-state index contributed by atoms with van der Waals surface area (Å²) in [6, 6.07) is 5.46. The Labute approximate surface area is 122 Å². The van der Waals surface area contributed by atoms with E-state index in [1.165, 1.54) is 12.8 Å². The minimum atomic E-state index is -0.0885. The molecule has 2 rings (SSSR count). The fourth-order valence-corrected chi connectivity index (χ4v) is 3.08. The lowest BCUT2D eigenvalue weighted by Gasteiger charge is -2.36. The number of halogens is 1. The van der Waals surface area contributed by atoms with Crippen molar-refractivity contribution in [2.24, 2.45) is 11.8 Å². The fraction of sp³-hybridized carbons (Fsp3) is 0.647. The number of rotatable bonds is 5. The van der Waals surface area contributed by atoms with E-state index < -0.39 is 0 Å². The lowest BCUT2D eigenvalue weighted by molar-refractivity contribution is 0.311. The standard InChI is InChI=1S/C17H27FN2/c1-4-19-12-15-16(18)6-5-7-17(15)20-10-8-14(9-11-20)13(2)3/h5-7,13-14,19H,4,8-12H2,1-3H3. The van der Waals surface area contributed by atoms with Crippen molar-refractivity contribution in [3.63, 3.8) is 0 Å². The van der Waals surface area contributed by atoms with Crippen molar-refractivity contribution >= 4 is 5.69 Å². The highest BCUT2D eigenvalue weighted by molar-refractivity contribution is 5.54. The van der Waals surface area contributed by atoms with Crippen molar-refractivity contribution in [3.8, 4) is 0 Å². The monoisotopic (exact) mass is 278 g/mol. The van der Waals surface area contributed by atoms with Gasteiger partial charge in [0, 0.05) is 30.9 Å². The van der Waals surface area contributed by atoms with E-state index in [1.54, 1.807) is 6.07 Å². The third-order valence-electron chi connectivity index (χ3n) is 4.47. The van der Waals surface area contributed by atoms with E-state index in [9.17, 15) is 4.39 Å². The number of hydrogen-bond acceptors (Lipinski definition) is 2. The van der Waals surface area contributed by atoms with Crippen molar-refractivity contribution in [1.82, 2.24) is 5.32 Å². The normalized spacial score (nSPS) is 16.9. The highest BCUT2D eigenvalue weighted by Gasteiger charge is 2.23. The molecule has 1 aliphatic heterocycles. The van der Waals surface area contributed by atoms with Crippen LogP contribution in [0.15, 0.2) is 18.2 Å². The first kappa shape index (κ1) is 15.3. The summed E-state index contributed by atoms with van der Waals surface area (Å²) in [5, 5.41) is 3.25. The molecule has 1 saturated heterocycles. The van der Waals surface area contributed by atoms with Crippen LogP contribution in [0.5, 0.6) is 0 Å². The third-order valence-corrected chi connectivity index (χ3v) is 4.47. The van der Waals surface area contributed by atoms with E-state index >= 15 is 0 Å². The van der Waals surface area contributed by atoms with Crippen molar-refractivity contribution in [2.45, 2.75) is 40.2 Å². The van der Waals surface area contributed by atoms with Crippen LogP contribution in [-0.2, 0) is 6.54 Å². The van der Waals surface area contributed by atoms with Gasteiger partial charge in [0.25, 0.3) is 0 Å². The first-order valence-corrected chi connectivity index (χ1v) is 7.86. The molecule has 2 nitrogen and oxygen atoms in total. The maximum absolute atomic E-state index is 14.1. The molecular formula is C17H27FN2. The van der Waals surface area contributed by atoms with Crippen LogP contribution in [0, 0.1) is 17.7 Å². The Kier molecular flexibility index (Phi) is 5.41. The lowest BCUT2D eigenvalue weighted by Crippen LogP contribution is -2.36. The number of nitrogens with zero attached hydrogens (tertiary/aromatic N) is 1. The maximum Gasteiger partial charge on any atom is 0.129 e. The van der Waals surface area contributed by atoms with E-state index in [4.69, 9.17) is 0 Å². The van der Waals surface area contributed by atoms with Gasteiger partial charge in [-0.15, -0.1) is 0 Å². The minimum absolute atomic E-state index is 0.0885. The number of anilines is 1. The van der Waals surface area contributed by atoms with Crippen molar-refractivity contribution in [2.75, 3.05) is 24.5 Å². The smallest absolute Gasteiger partial charge is 0.129 e. The number of piperidine rings is 1. The van der Waals surface area contributed by atoms with Gasteiger partial charge in [-0.3, -0.25) is 0 Å². The summed E-state index contributed by atoms with van der Waals surface area (Å²) in [5.74, 6) is 1.48. The molecule has 0 radical (unpaired) electrons. The van der Waals surface area contributed by atoms with Crippen LogP contribution in [-0.4, -0.2) is 19.6 Å². The van der Waals surface area contributed by atoms with Crippen LogP contribution in [0.2, 0.25) is 0 Å². The van der Waals surface area contributed by atoms with E-state index in [-0.39, 0.29) is 5.82 Å². The van der Waals surface area contributed by atoms with Crippen molar-refractivity contribution in [1.29, 1.82) is 0 Å². The third kappa shape index (κ3) is 3.51.